The minimum atomic E-state index is -0.673. The fourth-order valence-corrected chi connectivity index (χ4v) is 4.90. The van der Waals surface area contributed by atoms with E-state index in [1.54, 1.807) is 12.1 Å². The zero-order valence-electron chi connectivity index (χ0n) is 22.7. The van der Waals surface area contributed by atoms with Crippen molar-refractivity contribution in [2.45, 2.75) is 65.6 Å². The van der Waals surface area contributed by atoms with E-state index in [4.69, 9.17) is 4.74 Å². The molecule has 1 aliphatic heterocycles. The van der Waals surface area contributed by atoms with E-state index in [0.717, 1.165) is 23.1 Å². The second kappa shape index (κ2) is 12.2. The van der Waals surface area contributed by atoms with Gasteiger partial charge in [-0.2, -0.15) is 0 Å². The quantitative estimate of drug-likeness (QED) is 0.372. The van der Waals surface area contributed by atoms with Gasteiger partial charge in [0, 0.05) is 19.5 Å². The Kier molecular flexibility index (Phi) is 8.82. The number of halogens is 1. The van der Waals surface area contributed by atoms with Crippen molar-refractivity contribution < 1.29 is 18.7 Å². The molecule has 0 aromatic heterocycles. The lowest BCUT2D eigenvalue weighted by Crippen LogP contribution is -2.41. The normalized spacial score (nSPS) is 15.6. The Morgan fingerprint density at radius 2 is 1.76 bits per heavy atom. The number of carbonyl (C=O) groups is 2. The average molecular weight is 517 g/mol. The number of aryl methyl sites for hydroxylation is 1. The Hall–Kier alpha value is -3.67. The minimum Gasteiger partial charge on any atom is -0.481 e. The van der Waals surface area contributed by atoms with Gasteiger partial charge in [-0.15, -0.1) is 0 Å². The van der Waals surface area contributed by atoms with Gasteiger partial charge in [0.1, 0.15) is 11.6 Å². The van der Waals surface area contributed by atoms with E-state index in [1.165, 1.54) is 23.3 Å². The minimum absolute atomic E-state index is 0.147. The molecule has 0 bridgehead atoms. The molecule has 5 nitrogen and oxygen atoms in total. The van der Waals surface area contributed by atoms with Crippen molar-refractivity contribution in [3.63, 3.8) is 0 Å². The molecular formula is C32H37FN2O3. The first-order valence-corrected chi connectivity index (χ1v) is 13.4. The molecule has 4 rings (SSSR count). The number of nitrogens with one attached hydrogen (secondary N) is 1. The summed E-state index contributed by atoms with van der Waals surface area (Å²) in [6, 6.07) is 20.1. The zero-order chi connectivity index (χ0) is 27.2. The second-order valence-electron chi connectivity index (χ2n) is 10.5. The fraction of sp³-hybridized carbons (Fsp3) is 0.375. The van der Waals surface area contributed by atoms with Crippen LogP contribution in [0, 0.1) is 18.7 Å². The first-order valence-electron chi connectivity index (χ1n) is 13.4. The molecule has 1 aliphatic rings. The number of benzene rings is 3. The monoisotopic (exact) mass is 516 g/mol. The summed E-state index contributed by atoms with van der Waals surface area (Å²) in [7, 11) is 0. The third-order valence-electron chi connectivity index (χ3n) is 6.96. The lowest BCUT2D eigenvalue weighted by atomic mass is 9.87. The molecule has 3 aromatic carbocycles. The van der Waals surface area contributed by atoms with Crippen LogP contribution in [-0.2, 0) is 22.6 Å². The van der Waals surface area contributed by atoms with Gasteiger partial charge in [0.25, 0.3) is 5.91 Å². The predicted molar refractivity (Wildman–Crippen MR) is 147 cm³/mol. The van der Waals surface area contributed by atoms with Crippen molar-refractivity contribution in [1.82, 2.24) is 10.2 Å². The Morgan fingerprint density at radius 3 is 2.42 bits per heavy atom. The van der Waals surface area contributed by atoms with E-state index < -0.39 is 6.10 Å². The number of hydrogen-bond acceptors (Lipinski definition) is 3. The third kappa shape index (κ3) is 6.60. The molecule has 2 atom stereocenters. The highest BCUT2D eigenvalue weighted by Crippen LogP contribution is 2.38. The summed E-state index contributed by atoms with van der Waals surface area (Å²) in [5, 5.41) is 2.89. The van der Waals surface area contributed by atoms with Crippen molar-refractivity contribution in [2.24, 2.45) is 5.92 Å². The highest BCUT2D eigenvalue weighted by Gasteiger charge is 2.33. The number of rotatable bonds is 9. The molecule has 0 saturated carbocycles. The lowest BCUT2D eigenvalue weighted by molar-refractivity contribution is -0.134. The highest BCUT2D eigenvalue weighted by atomic mass is 19.1. The van der Waals surface area contributed by atoms with Crippen LogP contribution in [0.2, 0.25) is 0 Å². The molecule has 1 heterocycles. The number of nitrogens with zero attached hydrogens (tertiary/aromatic N) is 1. The van der Waals surface area contributed by atoms with Gasteiger partial charge in [0.05, 0.1) is 6.04 Å². The Balaban J connectivity index is 1.57. The van der Waals surface area contributed by atoms with Gasteiger partial charge in [-0.05, 0) is 72.2 Å². The summed E-state index contributed by atoms with van der Waals surface area (Å²) in [5.41, 5.74) is 5.27. The van der Waals surface area contributed by atoms with Gasteiger partial charge < -0.3 is 15.0 Å². The van der Waals surface area contributed by atoms with Crippen molar-refractivity contribution >= 4 is 11.8 Å². The molecule has 0 fully saturated rings. The molecule has 1 N–H and O–H groups in total. The highest BCUT2D eigenvalue weighted by molar-refractivity contribution is 5.81. The topological polar surface area (TPSA) is 58.6 Å². The molecule has 3 aromatic rings. The number of amides is 2. The van der Waals surface area contributed by atoms with E-state index >= 15 is 0 Å². The Morgan fingerprint density at radius 1 is 1.05 bits per heavy atom. The Bertz CT molecular complexity index is 1250. The summed E-state index contributed by atoms with van der Waals surface area (Å²) < 4.78 is 19.4. The maximum absolute atomic E-state index is 13.3. The van der Waals surface area contributed by atoms with Crippen LogP contribution in [0.3, 0.4) is 0 Å². The van der Waals surface area contributed by atoms with Gasteiger partial charge >= 0.3 is 0 Å². The van der Waals surface area contributed by atoms with Crippen molar-refractivity contribution in [3.05, 3.63) is 100 Å². The molecule has 2 amide bonds. The SMILES string of the molecule is CC[C@H](Oc1ccc2c(c1)[C@@H](c1ccc(C)cc1)N(C(=O)CC(C)C)CC2)C(=O)NCc1ccc(F)cc1. The molecule has 0 spiro atoms. The second-order valence-corrected chi connectivity index (χ2v) is 10.5. The lowest BCUT2D eigenvalue weighted by Gasteiger charge is -2.38. The Labute approximate surface area is 225 Å². The molecule has 0 saturated heterocycles. The van der Waals surface area contributed by atoms with E-state index in [0.29, 0.717) is 31.7 Å². The summed E-state index contributed by atoms with van der Waals surface area (Å²) in [6.45, 7) is 9.05. The smallest absolute Gasteiger partial charge is 0.261 e. The molecule has 6 heteroatoms. The van der Waals surface area contributed by atoms with E-state index in [9.17, 15) is 14.0 Å². The van der Waals surface area contributed by atoms with Crippen LogP contribution in [-0.4, -0.2) is 29.4 Å². The standard InChI is InChI=1S/C32H37FN2O3/c1-5-29(32(37)34-20-23-8-13-26(33)14-9-23)38-27-15-12-24-16-17-35(30(36)18-21(2)3)31(28(24)19-27)25-10-6-22(4)7-11-25/h6-15,19,21,29,31H,5,16-18,20H2,1-4H3,(H,34,37)/t29-,31+/m0/s1. The van der Waals surface area contributed by atoms with Crippen LogP contribution in [0.25, 0.3) is 0 Å². The molecule has 0 aliphatic carbocycles. The number of hydrogen-bond donors (Lipinski definition) is 1. The third-order valence-corrected chi connectivity index (χ3v) is 6.96. The van der Waals surface area contributed by atoms with Crippen molar-refractivity contribution in [1.29, 1.82) is 0 Å². The van der Waals surface area contributed by atoms with Crippen molar-refractivity contribution in [2.75, 3.05) is 6.54 Å². The van der Waals surface area contributed by atoms with Gasteiger partial charge in [-0.1, -0.05) is 68.8 Å². The predicted octanol–water partition coefficient (Wildman–Crippen LogP) is 6.13. The largest absolute Gasteiger partial charge is 0.481 e. The first kappa shape index (κ1) is 27.4. The van der Waals surface area contributed by atoms with Gasteiger partial charge in [0.15, 0.2) is 6.10 Å². The van der Waals surface area contributed by atoms with Crippen LogP contribution in [0.1, 0.15) is 67.5 Å². The van der Waals surface area contributed by atoms with Crippen LogP contribution >= 0.6 is 0 Å². The fourth-order valence-electron chi connectivity index (χ4n) is 4.90. The van der Waals surface area contributed by atoms with Crippen molar-refractivity contribution in [3.8, 4) is 5.75 Å². The maximum Gasteiger partial charge on any atom is 0.261 e. The maximum atomic E-state index is 13.3. The summed E-state index contributed by atoms with van der Waals surface area (Å²) in [6.07, 6.45) is 1.10. The summed E-state index contributed by atoms with van der Waals surface area (Å²) in [4.78, 5) is 28.2. The van der Waals surface area contributed by atoms with Crippen LogP contribution < -0.4 is 10.1 Å². The van der Waals surface area contributed by atoms with Gasteiger partial charge in [0.2, 0.25) is 5.91 Å². The molecule has 38 heavy (non-hydrogen) atoms. The van der Waals surface area contributed by atoms with Crippen LogP contribution in [0.5, 0.6) is 5.75 Å². The first-order chi connectivity index (χ1) is 18.2. The van der Waals surface area contributed by atoms with E-state index in [2.05, 4.69) is 56.4 Å². The van der Waals surface area contributed by atoms with Gasteiger partial charge in [-0.3, -0.25) is 9.59 Å². The van der Waals surface area contributed by atoms with E-state index in [-0.39, 0.29) is 29.6 Å². The molecule has 0 radical (unpaired) electrons. The summed E-state index contributed by atoms with van der Waals surface area (Å²) >= 11 is 0. The van der Waals surface area contributed by atoms with Gasteiger partial charge in [-0.25, -0.2) is 4.39 Å². The molecule has 200 valence electrons. The number of fused-ring (bicyclic) bond motifs is 1. The molecular weight excluding hydrogens is 479 g/mol. The van der Waals surface area contributed by atoms with Crippen LogP contribution in [0.4, 0.5) is 4.39 Å². The number of carbonyl (C=O) groups excluding carboxylic acids is 2. The van der Waals surface area contributed by atoms with Crippen LogP contribution in [0.15, 0.2) is 66.7 Å². The summed E-state index contributed by atoms with van der Waals surface area (Å²) in [5.74, 6) is 0.488. The molecule has 0 unspecified atom stereocenters. The number of ether oxygens (including phenoxy) is 1. The zero-order valence-corrected chi connectivity index (χ0v) is 22.7. The average Bonchev–Trinajstić information content (AvgIpc) is 2.90. The van der Waals surface area contributed by atoms with E-state index in [1.807, 2.05) is 24.0 Å².